The fourth-order valence-electron chi connectivity index (χ4n) is 3.90. The van der Waals surface area contributed by atoms with E-state index in [1.165, 1.54) is 4.90 Å². The maximum Gasteiger partial charge on any atom is 0.240 e. The van der Waals surface area contributed by atoms with Crippen LogP contribution in [0.4, 0.5) is 5.69 Å². The smallest absolute Gasteiger partial charge is 0.240 e. The lowest BCUT2D eigenvalue weighted by Crippen LogP contribution is -2.57. The van der Waals surface area contributed by atoms with Crippen LogP contribution in [0.2, 0.25) is 0 Å². The first-order valence-corrected chi connectivity index (χ1v) is 7.51. The largest absolute Gasteiger partial charge is 0.497 e. The van der Waals surface area contributed by atoms with Gasteiger partial charge in [0.2, 0.25) is 17.7 Å². The Bertz CT molecular complexity index is 739. The van der Waals surface area contributed by atoms with Crippen LogP contribution in [0.3, 0.4) is 0 Å². The zero-order chi connectivity index (χ0) is 16.3. The van der Waals surface area contributed by atoms with Crippen molar-refractivity contribution < 1.29 is 19.1 Å². The van der Waals surface area contributed by atoms with Crippen LogP contribution >= 0.6 is 0 Å². The van der Waals surface area contributed by atoms with Crippen LogP contribution in [0, 0.1) is 17.8 Å². The van der Waals surface area contributed by atoms with Crippen molar-refractivity contribution in [2.75, 3.05) is 19.1 Å². The van der Waals surface area contributed by atoms with Crippen molar-refractivity contribution in [2.24, 2.45) is 17.8 Å². The third-order valence-corrected chi connectivity index (χ3v) is 5.08. The highest BCUT2D eigenvalue weighted by atomic mass is 16.5. The molecule has 4 aliphatic rings. The van der Waals surface area contributed by atoms with Gasteiger partial charge in [-0.25, -0.2) is 4.90 Å². The lowest BCUT2D eigenvalue weighted by atomic mass is 9.70. The van der Waals surface area contributed by atoms with Gasteiger partial charge in [0.25, 0.3) is 0 Å². The van der Waals surface area contributed by atoms with Crippen LogP contribution in [0.1, 0.15) is 0 Å². The first-order valence-electron chi connectivity index (χ1n) is 7.51. The van der Waals surface area contributed by atoms with Crippen LogP contribution in [0.25, 0.3) is 0 Å². The third-order valence-electron chi connectivity index (χ3n) is 5.08. The number of likely N-dealkylation sites (N-methyl/N-ethyl adjacent to an activating group) is 1. The average Bonchev–Trinajstić information content (AvgIpc) is 2.84. The monoisotopic (exact) mass is 312 g/mol. The first kappa shape index (κ1) is 14.0. The minimum absolute atomic E-state index is 0.0866. The van der Waals surface area contributed by atoms with Crippen molar-refractivity contribution in [3.05, 3.63) is 36.4 Å². The van der Waals surface area contributed by atoms with E-state index < -0.39 is 17.8 Å². The summed E-state index contributed by atoms with van der Waals surface area (Å²) in [6.45, 7) is 0. The number of carbonyl (C=O) groups is 3. The van der Waals surface area contributed by atoms with Gasteiger partial charge in [0.1, 0.15) is 5.75 Å². The van der Waals surface area contributed by atoms with Crippen molar-refractivity contribution in [2.45, 2.75) is 6.04 Å². The van der Waals surface area contributed by atoms with Crippen molar-refractivity contribution in [3.8, 4) is 5.75 Å². The van der Waals surface area contributed by atoms with Gasteiger partial charge in [-0.3, -0.25) is 14.4 Å². The molecule has 2 saturated heterocycles. The van der Waals surface area contributed by atoms with Crippen molar-refractivity contribution in [3.63, 3.8) is 0 Å². The summed E-state index contributed by atoms with van der Waals surface area (Å²) in [5.41, 5.74) is 0.518. The predicted molar refractivity (Wildman–Crippen MR) is 81.7 cm³/mol. The average molecular weight is 312 g/mol. The van der Waals surface area contributed by atoms with Gasteiger partial charge < -0.3 is 9.64 Å². The van der Waals surface area contributed by atoms with Gasteiger partial charge in [-0.2, -0.15) is 0 Å². The molecular weight excluding hydrogens is 296 g/mol. The Hall–Kier alpha value is -2.63. The Morgan fingerprint density at radius 2 is 1.57 bits per heavy atom. The summed E-state index contributed by atoms with van der Waals surface area (Å²) in [4.78, 5) is 40.7. The second-order valence-electron chi connectivity index (χ2n) is 6.11. The van der Waals surface area contributed by atoms with E-state index in [4.69, 9.17) is 4.74 Å². The number of amides is 3. The minimum Gasteiger partial charge on any atom is -0.497 e. The summed E-state index contributed by atoms with van der Waals surface area (Å²) >= 11 is 0. The van der Waals surface area contributed by atoms with Gasteiger partial charge in [0, 0.05) is 7.05 Å². The van der Waals surface area contributed by atoms with Crippen LogP contribution in [-0.4, -0.2) is 42.8 Å². The maximum atomic E-state index is 12.8. The summed E-state index contributed by atoms with van der Waals surface area (Å²) in [7, 11) is 3.24. The van der Waals surface area contributed by atoms with Gasteiger partial charge in [-0.1, -0.05) is 12.2 Å². The van der Waals surface area contributed by atoms with Gasteiger partial charge in [-0.15, -0.1) is 0 Å². The molecule has 3 aliphatic heterocycles. The summed E-state index contributed by atoms with van der Waals surface area (Å²) < 4.78 is 5.10. The van der Waals surface area contributed by atoms with E-state index in [1.807, 2.05) is 6.08 Å². The van der Waals surface area contributed by atoms with E-state index in [1.54, 1.807) is 49.4 Å². The molecule has 2 fully saturated rings. The molecule has 0 aromatic heterocycles. The molecule has 3 heterocycles. The van der Waals surface area contributed by atoms with Crippen molar-refractivity contribution >= 4 is 23.4 Å². The number of ether oxygens (including phenoxy) is 1. The number of piperidine rings is 1. The normalized spacial score (nSPS) is 31.8. The number of imide groups is 1. The molecule has 1 aromatic rings. The Labute approximate surface area is 133 Å². The SMILES string of the molecule is COc1ccc(N2C(=O)[C@H]3[C@H](C2=O)[C@H]2C=C[C@@H]3C(=O)N2C)cc1. The molecule has 0 saturated carbocycles. The van der Waals surface area contributed by atoms with Crippen LogP contribution < -0.4 is 9.64 Å². The van der Waals surface area contributed by atoms with Crippen molar-refractivity contribution in [1.29, 1.82) is 0 Å². The molecule has 5 rings (SSSR count). The standard InChI is InChI=1S/C17H16N2O4/c1-18-12-8-7-11(15(18)20)13-14(12)17(22)19(16(13)21)9-3-5-10(23-2)6-4-9/h3-8,11-14H,1-2H3/t11-,12+,13+,14+/m0/s1. The van der Waals surface area contributed by atoms with E-state index in [9.17, 15) is 14.4 Å². The number of methoxy groups -OCH3 is 1. The Kier molecular flexibility index (Phi) is 2.85. The summed E-state index contributed by atoms with van der Waals surface area (Å²) in [6, 6.07) is 6.46. The molecule has 1 aliphatic carbocycles. The van der Waals surface area contributed by atoms with Crippen LogP contribution in [-0.2, 0) is 14.4 Å². The summed E-state index contributed by atoms with van der Waals surface area (Å²) in [6.07, 6.45) is 3.65. The van der Waals surface area contributed by atoms with E-state index in [0.717, 1.165) is 0 Å². The fraction of sp³-hybridized carbons (Fsp3) is 0.353. The number of fused-ring (bicyclic) bond motifs is 1. The highest BCUT2D eigenvalue weighted by molar-refractivity contribution is 6.24. The Balaban J connectivity index is 1.74. The van der Waals surface area contributed by atoms with Gasteiger partial charge in [0.15, 0.2) is 0 Å². The predicted octanol–water partition coefficient (Wildman–Crippen LogP) is 0.827. The second-order valence-corrected chi connectivity index (χ2v) is 6.11. The highest BCUT2D eigenvalue weighted by Gasteiger charge is 2.61. The number of benzene rings is 1. The summed E-state index contributed by atoms with van der Waals surface area (Å²) in [5, 5.41) is 0. The highest BCUT2D eigenvalue weighted by Crippen LogP contribution is 2.46. The molecule has 0 radical (unpaired) electrons. The molecule has 0 unspecified atom stereocenters. The van der Waals surface area contributed by atoms with Gasteiger partial charge in [0.05, 0.1) is 36.6 Å². The third kappa shape index (κ3) is 1.72. The van der Waals surface area contributed by atoms with Crippen LogP contribution in [0.15, 0.2) is 36.4 Å². The van der Waals surface area contributed by atoms with Crippen LogP contribution in [0.5, 0.6) is 5.75 Å². The number of nitrogens with zero attached hydrogens (tertiary/aromatic N) is 2. The molecule has 6 heteroatoms. The molecule has 4 atom stereocenters. The van der Waals surface area contributed by atoms with E-state index in [2.05, 4.69) is 0 Å². The fourth-order valence-corrected chi connectivity index (χ4v) is 3.90. The Morgan fingerprint density at radius 3 is 2.22 bits per heavy atom. The number of anilines is 1. The summed E-state index contributed by atoms with van der Waals surface area (Å²) in [5.74, 6) is -1.55. The van der Waals surface area contributed by atoms with Gasteiger partial charge >= 0.3 is 0 Å². The molecule has 118 valence electrons. The molecule has 1 aromatic carbocycles. The Morgan fingerprint density at radius 1 is 0.913 bits per heavy atom. The van der Waals surface area contributed by atoms with Gasteiger partial charge in [-0.05, 0) is 24.3 Å². The van der Waals surface area contributed by atoms with E-state index in [-0.39, 0.29) is 23.8 Å². The molecule has 0 spiro atoms. The second kappa shape index (κ2) is 4.68. The topological polar surface area (TPSA) is 66.9 Å². The zero-order valence-corrected chi connectivity index (χ0v) is 12.8. The molecule has 0 N–H and O–H groups in total. The zero-order valence-electron chi connectivity index (χ0n) is 12.8. The number of carbonyl (C=O) groups excluding carboxylic acids is 3. The van der Waals surface area contributed by atoms with E-state index in [0.29, 0.717) is 11.4 Å². The lowest BCUT2D eigenvalue weighted by Gasteiger charge is -2.44. The molecule has 3 amide bonds. The van der Waals surface area contributed by atoms with E-state index >= 15 is 0 Å². The maximum absolute atomic E-state index is 12.8. The molecule has 2 bridgehead atoms. The number of rotatable bonds is 2. The minimum atomic E-state index is -0.580. The van der Waals surface area contributed by atoms with Crippen molar-refractivity contribution in [1.82, 2.24) is 4.90 Å². The number of hydrogen-bond acceptors (Lipinski definition) is 4. The number of hydrogen-bond donors (Lipinski definition) is 0. The quantitative estimate of drug-likeness (QED) is 0.599. The molecule has 6 nitrogen and oxygen atoms in total. The first-order chi connectivity index (χ1) is 11.0. The molecule has 23 heavy (non-hydrogen) atoms. The lowest BCUT2D eigenvalue weighted by molar-refractivity contribution is -0.148. The molecular formula is C17H16N2O4.